The minimum atomic E-state index is -0.580. The first-order valence-corrected chi connectivity index (χ1v) is 9.97. The van der Waals surface area contributed by atoms with Gasteiger partial charge < -0.3 is 20.7 Å². The minimum Gasteiger partial charge on any atom is -0.378 e. The monoisotopic (exact) mass is 395 g/mol. The number of likely N-dealkylation sites (tertiary alicyclic amines) is 1. The minimum absolute atomic E-state index is 0.0255. The zero-order chi connectivity index (χ0) is 19.8. The summed E-state index contributed by atoms with van der Waals surface area (Å²) in [4.78, 5) is 27.4. The number of halogens is 1. The van der Waals surface area contributed by atoms with Gasteiger partial charge in [-0.15, -0.1) is 0 Å². The van der Waals surface area contributed by atoms with Crippen LogP contribution in [0.5, 0.6) is 0 Å². The molecule has 0 spiro atoms. The highest BCUT2D eigenvalue weighted by atomic mass is 35.5. The summed E-state index contributed by atoms with van der Waals surface area (Å²) in [5.74, 6) is -0.402. The van der Waals surface area contributed by atoms with Gasteiger partial charge in [0.1, 0.15) is 6.04 Å². The number of carbonyl (C=O) groups excluding carboxylic acids is 2. The van der Waals surface area contributed by atoms with Gasteiger partial charge in [-0.2, -0.15) is 0 Å². The molecule has 1 aromatic carbocycles. The summed E-state index contributed by atoms with van der Waals surface area (Å²) in [5, 5.41) is 3.24. The highest BCUT2D eigenvalue weighted by molar-refractivity contribution is 6.33. The molecule has 1 fully saturated rings. The number of piperidine rings is 1. The Hall–Kier alpha value is -1.63. The lowest BCUT2D eigenvalue weighted by molar-refractivity contribution is -0.137. The standard InChI is InChI=1S/C20H30ClN3O3/c1-14(2)18(23-19(25)16-6-3-4-7-17(16)21)20(26)24-11-8-15(9-12-24)27-13-5-10-22/h3-4,6-7,14-15,18H,5,8-13,22H2,1-2H3,(H,23,25). The molecule has 1 unspecified atom stereocenters. The molecular weight excluding hydrogens is 366 g/mol. The molecular formula is C20H30ClN3O3. The molecule has 0 aliphatic carbocycles. The van der Waals surface area contributed by atoms with Gasteiger partial charge in [-0.3, -0.25) is 9.59 Å². The summed E-state index contributed by atoms with van der Waals surface area (Å²) in [6.07, 6.45) is 2.64. The van der Waals surface area contributed by atoms with Crippen molar-refractivity contribution in [3.63, 3.8) is 0 Å². The molecule has 27 heavy (non-hydrogen) atoms. The third kappa shape index (κ3) is 6.19. The van der Waals surface area contributed by atoms with E-state index in [4.69, 9.17) is 22.1 Å². The Morgan fingerprint density at radius 3 is 2.56 bits per heavy atom. The number of ether oxygens (including phenoxy) is 1. The molecule has 1 heterocycles. The first kappa shape index (κ1) is 21.7. The molecule has 0 bridgehead atoms. The summed E-state index contributed by atoms with van der Waals surface area (Å²) >= 11 is 6.10. The summed E-state index contributed by atoms with van der Waals surface area (Å²) in [6, 6.07) is 6.26. The first-order chi connectivity index (χ1) is 12.9. The van der Waals surface area contributed by atoms with Gasteiger partial charge in [0.05, 0.1) is 16.7 Å². The summed E-state index contributed by atoms with van der Waals surface area (Å²) in [7, 11) is 0. The van der Waals surface area contributed by atoms with E-state index < -0.39 is 6.04 Å². The number of hydrogen-bond donors (Lipinski definition) is 2. The fraction of sp³-hybridized carbons (Fsp3) is 0.600. The van der Waals surface area contributed by atoms with Crippen molar-refractivity contribution in [2.75, 3.05) is 26.2 Å². The number of nitrogens with one attached hydrogen (secondary N) is 1. The number of rotatable bonds is 8. The topological polar surface area (TPSA) is 84.7 Å². The van der Waals surface area contributed by atoms with E-state index in [1.54, 1.807) is 24.3 Å². The van der Waals surface area contributed by atoms with Gasteiger partial charge in [0.25, 0.3) is 5.91 Å². The van der Waals surface area contributed by atoms with Crippen molar-refractivity contribution in [2.45, 2.75) is 45.3 Å². The molecule has 1 saturated heterocycles. The maximum Gasteiger partial charge on any atom is 0.253 e. The lowest BCUT2D eigenvalue weighted by Crippen LogP contribution is -2.53. The second-order valence-electron chi connectivity index (χ2n) is 7.21. The second kappa shape index (κ2) is 10.6. The fourth-order valence-corrected chi connectivity index (χ4v) is 3.37. The quantitative estimate of drug-likeness (QED) is 0.662. The van der Waals surface area contributed by atoms with Crippen LogP contribution in [0, 0.1) is 5.92 Å². The Morgan fingerprint density at radius 2 is 1.96 bits per heavy atom. The number of nitrogens with two attached hydrogens (primary N) is 1. The van der Waals surface area contributed by atoms with Gasteiger partial charge >= 0.3 is 0 Å². The third-order valence-corrected chi connectivity index (χ3v) is 5.12. The van der Waals surface area contributed by atoms with Crippen LogP contribution in [-0.4, -0.2) is 55.1 Å². The molecule has 150 valence electrons. The van der Waals surface area contributed by atoms with E-state index in [9.17, 15) is 9.59 Å². The average molecular weight is 396 g/mol. The smallest absolute Gasteiger partial charge is 0.253 e. The average Bonchev–Trinajstić information content (AvgIpc) is 2.66. The van der Waals surface area contributed by atoms with Crippen LogP contribution in [0.1, 0.15) is 43.5 Å². The van der Waals surface area contributed by atoms with Crippen molar-refractivity contribution in [3.05, 3.63) is 34.9 Å². The zero-order valence-electron chi connectivity index (χ0n) is 16.1. The van der Waals surface area contributed by atoms with E-state index >= 15 is 0 Å². The summed E-state index contributed by atoms with van der Waals surface area (Å²) < 4.78 is 5.79. The molecule has 3 N–H and O–H groups in total. The largest absolute Gasteiger partial charge is 0.378 e. The Kier molecular flexibility index (Phi) is 8.54. The molecule has 2 amide bonds. The van der Waals surface area contributed by atoms with Crippen molar-refractivity contribution < 1.29 is 14.3 Å². The van der Waals surface area contributed by atoms with Crippen molar-refractivity contribution in [3.8, 4) is 0 Å². The maximum atomic E-state index is 13.0. The molecule has 1 aliphatic rings. The first-order valence-electron chi connectivity index (χ1n) is 9.60. The Morgan fingerprint density at radius 1 is 1.30 bits per heavy atom. The van der Waals surface area contributed by atoms with Gasteiger partial charge in [-0.25, -0.2) is 0 Å². The van der Waals surface area contributed by atoms with Crippen molar-refractivity contribution >= 4 is 23.4 Å². The van der Waals surface area contributed by atoms with E-state index in [-0.39, 0.29) is 23.8 Å². The highest BCUT2D eigenvalue weighted by Crippen LogP contribution is 2.19. The van der Waals surface area contributed by atoms with Crippen molar-refractivity contribution in [1.29, 1.82) is 0 Å². The highest BCUT2D eigenvalue weighted by Gasteiger charge is 2.31. The molecule has 0 radical (unpaired) electrons. The second-order valence-corrected chi connectivity index (χ2v) is 7.62. The van der Waals surface area contributed by atoms with Crippen molar-refractivity contribution in [2.24, 2.45) is 11.7 Å². The number of nitrogens with zero attached hydrogens (tertiary/aromatic N) is 1. The predicted octanol–water partition coefficient (Wildman–Crippen LogP) is 2.45. The number of hydrogen-bond acceptors (Lipinski definition) is 4. The normalized spacial score (nSPS) is 16.4. The SMILES string of the molecule is CC(C)C(NC(=O)c1ccccc1Cl)C(=O)N1CCC(OCCCN)CC1. The van der Waals surface area contributed by atoms with Crippen LogP contribution in [0.15, 0.2) is 24.3 Å². The Labute approximate surface area is 166 Å². The van der Waals surface area contributed by atoms with E-state index in [0.717, 1.165) is 19.3 Å². The molecule has 7 heteroatoms. The molecule has 1 atom stereocenters. The molecule has 1 aromatic rings. The van der Waals surface area contributed by atoms with Crippen LogP contribution in [0.4, 0.5) is 0 Å². The van der Waals surface area contributed by atoms with Gasteiger partial charge in [0, 0.05) is 19.7 Å². The maximum absolute atomic E-state index is 13.0. The molecule has 2 rings (SSSR count). The van der Waals surface area contributed by atoms with E-state index in [1.807, 2.05) is 18.7 Å². The Balaban J connectivity index is 1.94. The van der Waals surface area contributed by atoms with Crippen LogP contribution < -0.4 is 11.1 Å². The van der Waals surface area contributed by atoms with Crippen LogP contribution in [0.2, 0.25) is 5.02 Å². The zero-order valence-corrected chi connectivity index (χ0v) is 16.9. The molecule has 6 nitrogen and oxygen atoms in total. The van der Waals surface area contributed by atoms with Crippen LogP contribution >= 0.6 is 11.6 Å². The van der Waals surface area contributed by atoms with E-state index in [1.165, 1.54) is 0 Å². The van der Waals surface area contributed by atoms with Gasteiger partial charge in [0.15, 0.2) is 0 Å². The number of amides is 2. The Bertz CT molecular complexity index is 631. The van der Waals surface area contributed by atoms with Crippen LogP contribution in [0.3, 0.4) is 0 Å². The fourth-order valence-electron chi connectivity index (χ4n) is 3.15. The number of carbonyl (C=O) groups is 2. The summed E-state index contributed by atoms with van der Waals surface area (Å²) in [5.41, 5.74) is 5.86. The molecule has 0 aromatic heterocycles. The van der Waals surface area contributed by atoms with Crippen LogP contribution in [-0.2, 0) is 9.53 Å². The lowest BCUT2D eigenvalue weighted by atomic mass is 10.00. The lowest BCUT2D eigenvalue weighted by Gasteiger charge is -2.35. The van der Waals surface area contributed by atoms with Crippen molar-refractivity contribution in [1.82, 2.24) is 10.2 Å². The summed E-state index contributed by atoms with van der Waals surface area (Å²) in [6.45, 7) is 6.42. The van der Waals surface area contributed by atoms with Gasteiger partial charge in [-0.05, 0) is 43.9 Å². The molecule has 1 aliphatic heterocycles. The van der Waals surface area contributed by atoms with Gasteiger partial charge in [-0.1, -0.05) is 37.6 Å². The van der Waals surface area contributed by atoms with Gasteiger partial charge in [0.2, 0.25) is 5.91 Å². The van der Waals surface area contributed by atoms with E-state index in [2.05, 4.69) is 5.32 Å². The van der Waals surface area contributed by atoms with E-state index in [0.29, 0.717) is 36.8 Å². The predicted molar refractivity (Wildman–Crippen MR) is 107 cm³/mol. The third-order valence-electron chi connectivity index (χ3n) is 4.79. The van der Waals surface area contributed by atoms with Crippen LogP contribution in [0.25, 0.3) is 0 Å². The molecule has 0 saturated carbocycles. The number of benzene rings is 1.